The van der Waals surface area contributed by atoms with Gasteiger partial charge in [-0.05, 0) is 26.2 Å². The minimum absolute atomic E-state index is 0.00750. The summed E-state index contributed by atoms with van der Waals surface area (Å²) in [6.45, 7) is 2.66. The van der Waals surface area contributed by atoms with Crippen molar-refractivity contribution in [3.05, 3.63) is 36.2 Å². The van der Waals surface area contributed by atoms with Crippen LogP contribution >= 0.6 is 0 Å². The molecule has 8 nitrogen and oxygen atoms in total. The number of aryl methyl sites for hydroxylation is 1. The van der Waals surface area contributed by atoms with Crippen molar-refractivity contribution in [2.75, 3.05) is 25.6 Å². The highest BCUT2D eigenvalue weighted by Gasteiger charge is 2.29. The van der Waals surface area contributed by atoms with Crippen LogP contribution in [0.25, 0.3) is 0 Å². The predicted octanol–water partition coefficient (Wildman–Crippen LogP) is 2.02. The lowest BCUT2D eigenvalue weighted by Gasteiger charge is -2.35. The molecular formula is C17H22N6O2. The molecule has 1 atom stereocenters. The van der Waals surface area contributed by atoms with Crippen molar-refractivity contribution < 1.29 is 9.53 Å². The van der Waals surface area contributed by atoms with Gasteiger partial charge in [-0.3, -0.25) is 9.78 Å². The van der Waals surface area contributed by atoms with E-state index in [4.69, 9.17) is 4.74 Å². The quantitative estimate of drug-likeness (QED) is 0.888. The van der Waals surface area contributed by atoms with Gasteiger partial charge in [0.25, 0.3) is 0 Å². The Morgan fingerprint density at radius 2 is 2.20 bits per heavy atom. The van der Waals surface area contributed by atoms with Crippen LogP contribution in [-0.4, -0.2) is 51.0 Å². The summed E-state index contributed by atoms with van der Waals surface area (Å²) in [7, 11) is 1.54. The molecular weight excluding hydrogens is 320 g/mol. The number of methoxy groups -OCH3 is 1. The molecule has 132 valence electrons. The smallest absolute Gasteiger partial charge is 0.249 e. The van der Waals surface area contributed by atoms with Crippen molar-refractivity contribution in [2.24, 2.45) is 0 Å². The summed E-state index contributed by atoms with van der Waals surface area (Å²) in [4.78, 5) is 31.4. The lowest BCUT2D eigenvalue weighted by Crippen LogP contribution is -2.40. The predicted molar refractivity (Wildman–Crippen MR) is 92.3 cm³/mol. The number of rotatable bonds is 5. The van der Waals surface area contributed by atoms with Gasteiger partial charge < -0.3 is 15.0 Å². The first-order chi connectivity index (χ1) is 12.2. The zero-order valence-corrected chi connectivity index (χ0v) is 14.5. The van der Waals surface area contributed by atoms with Crippen LogP contribution in [0, 0.1) is 6.92 Å². The van der Waals surface area contributed by atoms with E-state index in [9.17, 15) is 4.79 Å². The average molecular weight is 342 g/mol. The summed E-state index contributed by atoms with van der Waals surface area (Å²) >= 11 is 0. The minimum atomic E-state index is -0.0551. The normalized spacial score (nSPS) is 17.4. The van der Waals surface area contributed by atoms with E-state index in [0.717, 1.165) is 31.5 Å². The molecule has 0 saturated carbocycles. The van der Waals surface area contributed by atoms with E-state index in [0.29, 0.717) is 17.5 Å². The zero-order chi connectivity index (χ0) is 17.6. The maximum Gasteiger partial charge on any atom is 0.249 e. The van der Waals surface area contributed by atoms with E-state index >= 15 is 0 Å². The summed E-state index contributed by atoms with van der Waals surface area (Å²) in [5, 5.41) is 3.14. The summed E-state index contributed by atoms with van der Waals surface area (Å²) in [5.41, 5.74) is 0.836. The lowest BCUT2D eigenvalue weighted by molar-refractivity contribution is -0.139. The molecule has 25 heavy (non-hydrogen) atoms. The number of anilines is 2. The van der Waals surface area contributed by atoms with Gasteiger partial charge in [0.05, 0.1) is 17.9 Å². The van der Waals surface area contributed by atoms with Gasteiger partial charge in [-0.25, -0.2) is 15.0 Å². The van der Waals surface area contributed by atoms with Gasteiger partial charge >= 0.3 is 0 Å². The highest BCUT2D eigenvalue weighted by Crippen LogP contribution is 2.31. The number of carbonyl (C=O) groups excluding carboxylic acids is 1. The summed E-state index contributed by atoms with van der Waals surface area (Å²) in [6, 6.07) is 1.82. The van der Waals surface area contributed by atoms with E-state index in [1.807, 2.05) is 17.9 Å². The molecule has 8 heteroatoms. The molecule has 1 saturated heterocycles. The third-order valence-electron chi connectivity index (χ3n) is 4.11. The number of nitrogens with one attached hydrogen (secondary N) is 1. The monoisotopic (exact) mass is 342 g/mol. The van der Waals surface area contributed by atoms with Gasteiger partial charge in [0.1, 0.15) is 24.1 Å². The van der Waals surface area contributed by atoms with Crippen molar-refractivity contribution in [2.45, 2.75) is 32.2 Å². The van der Waals surface area contributed by atoms with Gasteiger partial charge in [-0.2, -0.15) is 0 Å². The number of hydrogen-bond acceptors (Lipinski definition) is 7. The molecule has 1 fully saturated rings. The second kappa shape index (κ2) is 7.98. The van der Waals surface area contributed by atoms with Gasteiger partial charge in [0, 0.05) is 32.1 Å². The standard InChI is InChI=1S/C17H22N6O2/c1-12-20-13(9-15(21-12)22-16-10-18-6-7-19-16)14-5-3-4-8-23(14)17(24)11-25-2/h6-7,9-10,14H,3-5,8,11H2,1-2H3,(H,19,20,21,22). The number of amides is 1. The molecule has 3 rings (SSSR count). The number of likely N-dealkylation sites (tertiary alicyclic amines) is 1. The molecule has 0 aliphatic carbocycles. The van der Waals surface area contributed by atoms with Crippen LogP contribution in [0.2, 0.25) is 0 Å². The van der Waals surface area contributed by atoms with Gasteiger partial charge in [0.2, 0.25) is 5.91 Å². The largest absolute Gasteiger partial charge is 0.375 e. The fourth-order valence-corrected chi connectivity index (χ4v) is 3.06. The fourth-order valence-electron chi connectivity index (χ4n) is 3.06. The van der Waals surface area contributed by atoms with Crippen molar-refractivity contribution in [3.63, 3.8) is 0 Å². The maximum absolute atomic E-state index is 12.4. The summed E-state index contributed by atoms with van der Waals surface area (Å²) in [6.07, 6.45) is 7.81. The molecule has 3 heterocycles. The number of carbonyl (C=O) groups is 1. The van der Waals surface area contributed by atoms with Crippen molar-refractivity contribution in [3.8, 4) is 0 Å². The second-order valence-electron chi connectivity index (χ2n) is 5.97. The van der Waals surface area contributed by atoms with Crippen LogP contribution in [0.3, 0.4) is 0 Å². The van der Waals surface area contributed by atoms with E-state index < -0.39 is 0 Å². The fraction of sp³-hybridized carbons (Fsp3) is 0.471. The zero-order valence-electron chi connectivity index (χ0n) is 14.5. The summed E-state index contributed by atoms with van der Waals surface area (Å²) < 4.78 is 5.02. The molecule has 1 amide bonds. The number of ether oxygens (including phenoxy) is 1. The Hall–Kier alpha value is -2.61. The first-order valence-corrected chi connectivity index (χ1v) is 8.34. The van der Waals surface area contributed by atoms with E-state index in [-0.39, 0.29) is 18.6 Å². The first kappa shape index (κ1) is 17.2. The molecule has 0 spiro atoms. The van der Waals surface area contributed by atoms with E-state index in [2.05, 4.69) is 25.3 Å². The Labute approximate surface area is 146 Å². The first-order valence-electron chi connectivity index (χ1n) is 8.34. The highest BCUT2D eigenvalue weighted by molar-refractivity contribution is 5.78. The number of piperidine rings is 1. The Kier molecular flexibility index (Phi) is 5.49. The van der Waals surface area contributed by atoms with Gasteiger partial charge in [0.15, 0.2) is 0 Å². The van der Waals surface area contributed by atoms with Crippen LogP contribution in [0.15, 0.2) is 24.7 Å². The molecule has 2 aromatic heterocycles. The molecule has 1 unspecified atom stereocenters. The third-order valence-corrected chi connectivity index (χ3v) is 4.11. The average Bonchev–Trinajstić information content (AvgIpc) is 2.62. The van der Waals surface area contributed by atoms with Gasteiger partial charge in [-0.1, -0.05) is 0 Å². The van der Waals surface area contributed by atoms with E-state index in [1.54, 1.807) is 18.6 Å². The van der Waals surface area contributed by atoms with Gasteiger partial charge in [-0.15, -0.1) is 0 Å². The van der Waals surface area contributed by atoms with Crippen molar-refractivity contribution in [1.82, 2.24) is 24.8 Å². The molecule has 1 aliphatic rings. The topological polar surface area (TPSA) is 93.1 Å². The van der Waals surface area contributed by atoms with Crippen LogP contribution in [-0.2, 0) is 9.53 Å². The van der Waals surface area contributed by atoms with Crippen molar-refractivity contribution >= 4 is 17.5 Å². The molecule has 0 bridgehead atoms. The third kappa shape index (κ3) is 4.27. The minimum Gasteiger partial charge on any atom is -0.375 e. The Morgan fingerprint density at radius 1 is 1.32 bits per heavy atom. The van der Waals surface area contributed by atoms with Crippen LogP contribution in [0.5, 0.6) is 0 Å². The Bertz CT molecular complexity index is 724. The SMILES string of the molecule is COCC(=O)N1CCCCC1c1cc(Nc2cnccn2)nc(C)n1. The molecule has 0 aromatic carbocycles. The summed E-state index contributed by atoms with van der Waals surface area (Å²) in [5.74, 6) is 1.90. The van der Waals surface area contributed by atoms with E-state index in [1.165, 1.54) is 7.11 Å². The Balaban J connectivity index is 1.86. The molecule has 2 aromatic rings. The Morgan fingerprint density at radius 3 is 2.96 bits per heavy atom. The molecule has 0 radical (unpaired) electrons. The lowest BCUT2D eigenvalue weighted by atomic mass is 9.98. The highest BCUT2D eigenvalue weighted by atomic mass is 16.5. The number of aromatic nitrogens is 4. The number of hydrogen-bond donors (Lipinski definition) is 1. The number of nitrogens with zero attached hydrogens (tertiary/aromatic N) is 5. The maximum atomic E-state index is 12.4. The molecule has 1 aliphatic heterocycles. The molecule has 1 N–H and O–H groups in total. The van der Waals surface area contributed by atoms with Crippen LogP contribution < -0.4 is 5.32 Å². The van der Waals surface area contributed by atoms with Crippen LogP contribution in [0.1, 0.15) is 36.8 Å². The van der Waals surface area contributed by atoms with Crippen molar-refractivity contribution in [1.29, 1.82) is 0 Å². The van der Waals surface area contributed by atoms with Crippen LogP contribution in [0.4, 0.5) is 11.6 Å². The second-order valence-corrected chi connectivity index (χ2v) is 5.97.